The molecule has 0 fully saturated rings. The first-order valence-electron chi connectivity index (χ1n) is 4.18. The summed E-state index contributed by atoms with van der Waals surface area (Å²) >= 11 is 0. The van der Waals surface area contributed by atoms with Crippen molar-refractivity contribution in [3.05, 3.63) is 54.1 Å². The van der Waals surface area contributed by atoms with E-state index in [-0.39, 0.29) is 11.3 Å². The van der Waals surface area contributed by atoms with E-state index in [0.29, 0.717) is 0 Å². The third kappa shape index (κ3) is 2.01. The second-order valence-electron chi connectivity index (χ2n) is 2.81. The summed E-state index contributed by atoms with van der Waals surface area (Å²) in [7, 11) is 0. The first kappa shape index (κ1) is 9.39. The van der Waals surface area contributed by atoms with Gasteiger partial charge in [-0.25, -0.2) is 9.37 Å². The van der Waals surface area contributed by atoms with Crippen LogP contribution < -0.4 is 0 Å². The molecule has 0 radical (unpaired) electrons. The Morgan fingerprint density at radius 3 is 2.67 bits per heavy atom. The Hall–Kier alpha value is -2.17. The second-order valence-corrected chi connectivity index (χ2v) is 2.81. The van der Waals surface area contributed by atoms with Crippen LogP contribution in [0, 0.1) is 5.82 Å². The molecule has 0 N–H and O–H groups in total. The van der Waals surface area contributed by atoms with Gasteiger partial charge in [-0.15, -0.1) is 0 Å². The summed E-state index contributed by atoms with van der Waals surface area (Å²) in [5.74, 6) is -0.945. The van der Waals surface area contributed by atoms with Gasteiger partial charge >= 0.3 is 0 Å². The third-order valence-electron chi connectivity index (χ3n) is 1.76. The van der Waals surface area contributed by atoms with E-state index < -0.39 is 11.6 Å². The number of carbonyl (C=O) groups excluding carboxylic acids is 1. The molecule has 0 aliphatic carbocycles. The van der Waals surface area contributed by atoms with Gasteiger partial charge in [0, 0.05) is 24.2 Å². The molecule has 0 spiro atoms. The van der Waals surface area contributed by atoms with Gasteiger partial charge in [0.2, 0.25) is 5.78 Å². The first-order chi connectivity index (χ1) is 7.27. The molecule has 2 aromatic heterocycles. The lowest BCUT2D eigenvalue weighted by Crippen LogP contribution is -2.05. The molecular weight excluding hydrogens is 197 g/mol. The van der Waals surface area contributed by atoms with Gasteiger partial charge in [-0.2, -0.15) is 0 Å². The standard InChI is InChI=1S/C10H6FN3O/c11-8-3-7(4-13-5-8)10(15)9-6-12-1-2-14-9/h1-6H. The lowest BCUT2D eigenvalue weighted by molar-refractivity contribution is 0.103. The van der Waals surface area contributed by atoms with Crippen LogP contribution in [0.1, 0.15) is 16.1 Å². The minimum Gasteiger partial charge on any atom is -0.287 e. The molecule has 2 rings (SSSR count). The lowest BCUT2D eigenvalue weighted by Gasteiger charge is -1.98. The number of aromatic nitrogens is 3. The van der Waals surface area contributed by atoms with Gasteiger partial charge in [0.1, 0.15) is 11.5 Å². The SMILES string of the molecule is O=C(c1cncc(F)c1)c1cnccn1. The smallest absolute Gasteiger partial charge is 0.214 e. The molecule has 0 aliphatic rings. The number of pyridine rings is 1. The fraction of sp³-hybridized carbons (Fsp3) is 0. The lowest BCUT2D eigenvalue weighted by atomic mass is 10.1. The van der Waals surface area contributed by atoms with Gasteiger partial charge in [0.15, 0.2) is 0 Å². The van der Waals surface area contributed by atoms with Crippen molar-refractivity contribution in [3.63, 3.8) is 0 Å². The summed E-state index contributed by atoms with van der Waals surface area (Å²) in [4.78, 5) is 22.9. The van der Waals surface area contributed by atoms with Gasteiger partial charge in [0.25, 0.3) is 0 Å². The quantitative estimate of drug-likeness (QED) is 0.689. The van der Waals surface area contributed by atoms with Crippen LogP contribution in [0.5, 0.6) is 0 Å². The maximum absolute atomic E-state index is 12.8. The molecule has 0 aliphatic heterocycles. The molecule has 4 nitrogen and oxygen atoms in total. The van der Waals surface area contributed by atoms with E-state index in [0.717, 1.165) is 12.3 Å². The maximum atomic E-state index is 12.8. The number of rotatable bonds is 2. The Labute approximate surface area is 84.8 Å². The van der Waals surface area contributed by atoms with Crippen molar-refractivity contribution in [3.8, 4) is 0 Å². The Bertz CT molecular complexity index is 487. The van der Waals surface area contributed by atoms with Gasteiger partial charge < -0.3 is 0 Å². The number of nitrogens with zero attached hydrogens (tertiary/aromatic N) is 3. The van der Waals surface area contributed by atoms with E-state index in [4.69, 9.17) is 0 Å². The summed E-state index contributed by atoms with van der Waals surface area (Å²) < 4.78 is 12.8. The van der Waals surface area contributed by atoms with E-state index in [1.165, 1.54) is 24.8 Å². The zero-order valence-corrected chi connectivity index (χ0v) is 7.59. The van der Waals surface area contributed by atoms with Gasteiger partial charge in [0.05, 0.1) is 12.4 Å². The minimum absolute atomic E-state index is 0.163. The summed E-state index contributed by atoms with van der Waals surface area (Å²) in [6, 6.07) is 1.12. The number of carbonyl (C=O) groups is 1. The second kappa shape index (κ2) is 3.91. The molecule has 0 unspecified atom stereocenters. The highest BCUT2D eigenvalue weighted by Gasteiger charge is 2.11. The molecule has 0 atom stereocenters. The summed E-state index contributed by atoms with van der Waals surface area (Å²) in [6.45, 7) is 0. The number of ketones is 1. The first-order valence-corrected chi connectivity index (χ1v) is 4.18. The molecule has 5 heteroatoms. The predicted molar refractivity (Wildman–Crippen MR) is 49.7 cm³/mol. The van der Waals surface area contributed by atoms with Crippen LogP contribution >= 0.6 is 0 Å². The van der Waals surface area contributed by atoms with Crippen LogP contribution in [0.4, 0.5) is 4.39 Å². The maximum Gasteiger partial charge on any atom is 0.214 e. The topological polar surface area (TPSA) is 55.7 Å². The molecule has 0 saturated carbocycles. The van der Waals surface area contributed by atoms with Crippen LogP contribution in [0.25, 0.3) is 0 Å². The Morgan fingerprint density at radius 2 is 2.00 bits per heavy atom. The van der Waals surface area contributed by atoms with E-state index in [1.54, 1.807) is 0 Å². The van der Waals surface area contributed by atoms with Crippen LogP contribution in [0.3, 0.4) is 0 Å². The normalized spacial score (nSPS) is 9.93. The largest absolute Gasteiger partial charge is 0.287 e. The minimum atomic E-state index is -0.551. The molecule has 0 amide bonds. The summed E-state index contributed by atoms with van der Waals surface area (Å²) in [5, 5.41) is 0. The molecule has 2 heterocycles. The van der Waals surface area contributed by atoms with Crippen molar-refractivity contribution in [2.24, 2.45) is 0 Å². The molecule has 0 bridgehead atoms. The molecule has 74 valence electrons. The number of hydrogen-bond donors (Lipinski definition) is 0. The zero-order valence-electron chi connectivity index (χ0n) is 7.59. The molecule has 0 saturated heterocycles. The summed E-state index contributed by atoms with van der Waals surface area (Å²) in [6.07, 6.45) is 6.52. The fourth-order valence-corrected chi connectivity index (χ4v) is 1.10. The predicted octanol–water partition coefficient (Wildman–Crippen LogP) is 1.24. The fourth-order valence-electron chi connectivity index (χ4n) is 1.10. The number of halogens is 1. The van der Waals surface area contributed by atoms with Crippen LogP contribution in [-0.2, 0) is 0 Å². The number of hydrogen-bond acceptors (Lipinski definition) is 4. The highest BCUT2D eigenvalue weighted by molar-refractivity contribution is 6.07. The molecule has 2 aromatic rings. The highest BCUT2D eigenvalue weighted by atomic mass is 19.1. The van der Waals surface area contributed by atoms with Crippen LogP contribution in [0.2, 0.25) is 0 Å². The Balaban J connectivity index is 2.37. The van der Waals surface area contributed by atoms with Gasteiger partial charge in [-0.05, 0) is 6.07 Å². The van der Waals surface area contributed by atoms with Crippen molar-refractivity contribution in [2.75, 3.05) is 0 Å². The molecule has 15 heavy (non-hydrogen) atoms. The molecular formula is C10H6FN3O. The zero-order chi connectivity index (χ0) is 10.7. The van der Waals surface area contributed by atoms with Crippen molar-refractivity contribution >= 4 is 5.78 Å². The molecule has 0 aromatic carbocycles. The van der Waals surface area contributed by atoms with E-state index in [2.05, 4.69) is 15.0 Å². The average molecular weight is 203 g/mol. The summed E-state index contributed by atoms with van der Waals surface area (Å²) in [5.41, 5.74) is 0.334. The Kier molecular flexibility index (Phi) is 2.45. The van der Waals surface area contributed by atoms with Crippen molar-refractivity contribution in [1.29, 1.82) is 0 Å². The van der Waals surface area contributed by atoms with Crippen LogP contribution in [-0.4, -0.2) is 20.7 Å². The monoisotopic (exact) mass is 203 g/mol. The van der Waals surface area contributed by atoms with E-state index in [9.17, 15) is 9.18 Å². The van der Waals surface area contributed by atoms with Crippen molar-refractivity contribution in [2.45, 2.75) is 0 Å². The van der Waals surface area contributed by atoms with Crippen LogP contribution in [0.15, 0.2) is 37.1 Å². The average Bonchev–Trinajstić information content (AvgIpc) is 2.29. The van der Waals surface area contributed by atoms with E-state index in [1.807, 2.05) is 0 Å². The van der Waals surface area contributed by atoms with Crippen molar-refractivity contribution < 1.29 is 9.18 Å². The Morgan fingerprint density at radius 1 is 1.13 bits per heavy atom. The van der Waals surface area contributed by atoms with E-state index >= 15 is 0 Å². The van der Waals surface area contributed by atoms with Gasteiger partial charge in [-0.3, -0.25) is 14.8 Å². The van der Waals surface area contributed by atoms with Crippen molar-refractivity contribution in [1.82, 2.24) is 15.0 Å². The highest BCUT2D eigenvalue weighted by Crippen LogP contribution is 2.06. The van der Waals surface area contributed by atoms with Gasteiger partial charge in [-0.1, -0.05) is 0 Å². The third-order valence-corrected chi connectivity index (χ3v) is 1.76.